The third-order valence-electron chi connectivity index (χ3n) is 2.66. The molecule has 0 radical (unpaired) electrons. The summed E-state index contributed by atoms with van der Waals surface area (Å²) in [4.78, 5) is 3.98. The van der Waals surface area contributed by atoms with Crippen LogP contribution < -0.4 is 10.6 Å². The number of nitrogens with zero attached hydrogens (tertiary/aromatic N) is 1. The molecule has 1 fully saturated rings. The average molecular weight is 191 g/mol. The molecule has 0 bridgehead atoms. The van der Waals surface area contributed by atoms with Crippen LogP contribution in [0.15, 0.2) is 24.5 Å². The van der Waals surface area contributed by atoms with E-state index in [0.29, 0.717) is 0 Å². The van der Waals surface area contributed by atoms with Gasteiger partial charge >= 0.3 is 0 Å². The van der Waals surface area contributed by atoms with Gasteiger partial charge in [-0.2, -0.15) is 0 Å². The van der Waals surface area contributed by atoms with Crippen LogP contribution in [-0.2, 0) is 0 Å². The maximum atomic E-state index is 3.98. The van der Waals surface area contributed by atoms with Crippen molar-refractivity contribution < 1.29 is 0 Å². The van der Waals surface area contributed by atoms with E-state index < -0.39 is 0 Å². The van der Waals surface area contributed by atoms with Gasteiger partial charge in [0.25, 0.3) is 0 Å². The van der Waals surface area contributed by atoms with Crippen LogP contribution in [0.3, 0.4) is 0 Å². The quantitative estimate of drug-likeness (QED) is 0.759. The molecule has 1 atom stereocenters. The van der Waals surface area contributed by atoms with Gasteiger partial charge in [0.05, 0.1) is 0 Å². The first-order chi connectivity index (χ1) is 6.95. The van der Waals surface area contributed by atoms with E-state index in [1.165, 1.54) is 25.8 Å². The predicted octanol–water partition coefficient (Wildman–Crippen LogP) is 1.64. The van der Waals surface area contributed by atoms with Gasteiger partial charge in [-0.05, 0) is 37.9 Å². The number of anilines is 1. The summed E-state index contributed by atoms with van der Waals surface area (Å²) >= 11 is 0. The van der Waals surface area contributed by atoms with Crippen molar-refractivity contribution in [1.82, 2.24) is 10.3 Å². The normalized spacial score (nSPS) is 21.0. The lowest BCUT2D eigenvalue weighted by molar-refractivity contribution is 0.574. The Hall–Kier alpha value is -1.09. The second kappa shape index (κ2) is 4.96. The molecule has 2 N–H and O–H groups in total. The van der Waals surface area contributed by atoms with E-state index in [2.05, 4.69) is 15.6 Å². The van der Waals surface area contributed by atoms with Crippen molar-refractivity contribution in [1.29, 1.82) is 0 Å². The summed E-state index contributed by atoms with van der Waals surface area (Å²) < 4.78 is 0. The maximum absolute atomic E-state index is 3.98. The molecule has 1 aliphatic heterocycles. The van der Waals surface area contributed by atoms with Crippen LogP contribution in [0.4, 0.5) is 5.69 Å². The zero-order valence-electron chi connectivity index (χ0n) is 8.37. The van der Waals surface area contributed by atoms with E-state index in [0.717, 1.165) is 18.3 Å². The second-order valence-corrected chi connectivity index (χ2v) is 3.74. The summed E-state index contributed by atoms with van der Waals surface area (Å²) in [5, 5.41) is 6.88. The van der Waals surface area contributed by atoms with Crippen molar-refractivity contribution >= 4 is 5.69 Å². The van der Waals surface area contributed by atoms with Crippen molar-refractivity contribution in [3.63, 3.8) is 0 Å². The molecular formula is C11H17N3. The average Bonchev–Trinajstić information content (AvgIpc) is 2.72. The molecule has 1 aromatic rings. The van der Waals surface area contributed by atoms with Crippen molar-refractivity contribution in [2.24, 2.45) is 0 Å². The first-order valence-corrected chi connectivity index (χ1v) is 5.32. The van der Waals surface area contributed by atoms with Crippen molar-refractivity contribution in [3.05, 3.63) is 24.5 Å². The van der Waals surface area contributed by atoms with Crippen LogP contribution >= 0.6 is 0 Å². The van der Waals surface area contributed by atoms with Crippen molar-refractivity contribution in [3.8, 4) is 0 Å². The highest BCUT2D eigenvalue weighted by molar-refractivity contribution is 5.40. The largest absolute Gasteiger partial charge is 0.385 e. The van der Waals surface area contributed by atoms with Crippen LogP contribution in [0.25, 0.3) is 0 Å². The Bertz CT molecular complexity index is 254. The smallest absolute Gasteiger partial charge is 0.0371 e. The van der Waals surface area contributed by atoms with Crippen LogP contribution in [0.2, 0.25) is 0 Å². The highest BCUT2D eigenvalue weighted by Crippen LogP contribution is 2.09. The van der Waals surface area contributed by atoms with Crippen LogP contribution in [0.1, 0.15) is 19.3 Å². The van der Waals surface area contributed by atoms with Crippen LogP contribution in [0, 0.1) is 0 Å². The molecule has 3 heteroatoms. The fourth-order valence-electron chi connectivity index (χ4n) is 1.86. The molecule has 3 nitrogen and oxygen atoms in total. The molecule has 0 amide bonds. The minimum Gasteiger partial charge on any atom is -0.385 e. The molecule has 1 aromatic heterocycles. The summed E-state index contributed by atoms with van der Waals surface area (Å²) in [6.45, 7) is 2.24. The monoisotopic (exact) mass is 191 g/mol. The van der Waals surface area contributed by atoms with Gasteiger partial charge < -0.3 is 10.6 Å². The van der Waals surface area contributed by atoms with E-state index in [4.69, 9.17) is 0 Å². The van der Waals surface area contributed by atoms with Gasteiger partial charge in [-0.25, -0.2) is 0 Å². The SMILES string of the molecule is c1cc(NCC[C@@H]2CCCN2)ccn1. The lowest BCUT2D eigenvalue weighted by Gasteiger charge is -2.11. The third kappa shape index (κ3) is 2.70. The van der Waals surface area contributed by atoms with Crippen LogP contribution in [0.5, 0.6) is 0 Å². The molecule has 0 aromatic carbocycles. The van der Waals surface area contributed by atoms with Gasteiger partial charge in [-0.1, -0.05) is 0 Å². The summed E-state index contributed by atoms with van der Waals surface area (Å²) in [6.07, 6.45) is 7.51. The van der Waals surface area contributed by atoms with E-state index in [1.54, 1.807) is 0 Å². The van der Waals surface area contributed by atoms with Gasteiger partial charge in [0.2, 0.25) is 0 Å². The maximum Gasteiger partial charge on any atom is 0.0371 e. The molecule has 1 aliphatic rings. The van der Waals surface area contributed by atoms with E-state index in [1.807, 2.05) is 24.5 Å². The highest BCUT2D eigenvalue weighted by atomic mass is 14.9. The van der Waals surface area contributed by atoms with E-state index in [-0.39, 0.29) is 0 Å². The Morgan fingerprint density at radius 2 is 2.29 bits per heavy atom. The molecular weight excluding hydrogens is 174 g/mol. The van der Waals surface area contributed by atoms with E-state index >= 15 is 0 Å². The molecule has 0 spiro atoms. The van der Waals surface area contributed by atoms with Crippen molar-refractivity contribution in [2.75, 3.05) is 18.4 Å². The van der Waals surface area contributed by atoms with Gasteiger partial charge in [-0.3, -0.25) is 4.98 Å². The topological polar surface area (TPSA) is 37.0 Å². The minimum absolute atomic E-state index is 0.726. The first-order valence-electron chi connectivity index (χ1n) is 5.32. The Balaban J connectivity index is 1.67. The molecule has 2 rings (SSSR count). The fraction of sp³-hybridized carbons (Fsp3) is 0.545. The summed E-state index contributed by atoms with van der Waals surface area (Å²) in [5.41, 5.74) is 1.16. The van der Waals surface area contributed by atoms with Gasteiger partial charge in [-0.15, -0.1) is 0 Å². The number of aromatic nitrogens is 1. The van der Waals surface area contributed by atoms with Gasteiger partial charge in [0.1, 0.15) is 0 Å². The lowest BCUT2D eigenvalue weighted by atomic mass is 10.1. The van der Waals surface area contributed by atoms with E-state index in [9.17, 15) is 0 Å². The summed E-state index contributed by atoms with van der Waals surface area (Å²) in [6, 6.07) is 4.73. The number of hydrogen-bond acceptors (Lipinski definition) is 3. The van der Waals surface area contributed by atoms with Crippen LogP contribution in [-0.4, -0.2) is 24.1 Å². The Kier molecular flexibility index (Phi) is 3.35. The molecule has 0 aliphatic carbocycles. The molecule has 76 valence electrons. The molecule has 2 heterocycles. The molecule has 0 unspecified atom stereocenters. The second-order valence-electron chi connectivity index (χ2n) is 3.74. The fourth-order valence-corrected chi connectivity index (χ4v) is 1.86. The van der Waals surface area contributed by atoms with Gasteiger partial charge in [0, 0.05) is 30.7 Å². The zero-order chi connectivity index (χ0) is 9.64. The van der Waals surface area contributed by atoms with Gasteiger partial charge in [0.15, 0.2) is 0 Å². The molecule has 0 saturated carbocycles. The highest BCUT2D eigenvalue weighted by Gasteiger charge is 2.12. The number of pyridine rings is 1. The van der Waals surface area contributed by atoms with Crippen molar-refractivity contribution in [2.45, 2.75) is 25.3 Å². The Labute approximate surface area is 84.9 Å². The number of rotatable bonds is 4. The molecule has 1 saturated heterocycles. The summed E-state index contributed by atoms with van der Waals surface area (Å²) in [5.74, 6) is 0. The Morgan fingerprint density at radius 1 is 1.43 bits per heavy atom. The Morgan fingerprint density at radius 3 is 3.00 bits per heavy atom. The minimum atomic E-state index is 0.726. The number of nitrogens with one attached hydrogen (secondary N) is 2. The lowest BCUT2D eigenvalue weighted by Crippen LogP contribution is -2.24. The number of hydrogen-bond donors (Lipinski definition) is 2. The zero-order valence-corrected chi connectivity index (χ0v) is 8.37. The predicted molar refractivity (Wildman–Crippen MR) is 58.4 cm³/mol. The first kappa shape index (κ1) is 9.46. The summed E-state index contributed by atoms with van der Waals surface area (Å²) in [7, 11) is 0. The molecule has 14 heavy (non-hydrogen) atoms. The standard InChI is InChI=1S/C11H17N3/c1-2-10(13-6-1)5-9-14-11-3-7-12-8-4-11/h3-4,7-8,10,13H,1-2,5-6,9H2,(H,12,14)/t10-/m0/s1. The third-order valence-corrected chi connectivity index (χ3v) is 2.66.